The maximum atomic E-state index is 9.43. The van der Waals surface area contributed by atoms with Gasteiger partial charge in [-0.2, -0.15) is 0 Å². The van der Waals surface area contributed by atoms with Crippen molar-refractivity contribution in [3.8, 4) is 0 Å². The Bertz CT molecular complexity index is 46.8. The maximum absolute atomic E-state index is 9.43. The summed E-state index contributed by atoms with van der Waals surface area (Å²) in [5.74, 6) is 0. The zero-order valence-corrected chi connectivity index (χ0v) is 5.43. The van der Waals surface area contributed by atoms with Crippen LogP contribution in [0.3, 0.4) is 0 Å². The number of hydrogen-bond acceptors (Lipinski definition) is 1. The van der Waals surface area contributed by atoms with Crippen molar-refractivity contribution in [1.82, 2.24) is 4.90 Å². The molecule has 0 aliphatic carbocycles. The zero-order valence-electron chi connectivity index (χ0n) is 7.43. The van der Waals surface area contributed by atoms with Crippen molar-refractivity contribution in [2.75, 3.05) is 14.1 Å². The Morgan fingerprint density at radius 3 is 1.57 bits per heavy atom. The molecule has 0 aromatic carbocycles. The van der Waals surface area contributed by atoms with E-state index in [4.69, 9.17) is 0 Å². The minimum Gasteiger partial charge on any atom is -1.00 e. The number of carbonyl (C=O) groups is 1. The smallest absolute Gasteiger partial charge is 1.00 e. The van der Waals surface area contributed by atoms with Gasteiger partial charge in [0, 0.05) is 14.1 Å². The Kier molecular flexibility index (Phi) is 22.0. The topological polar surface area (TPSA) is 20.3 Å². The average Bonchev–Trinajstić information content (AvgIpc) is 1.38. The van der Waals surface area contributed by atoms with Gasteiger partial charge in [0.15, 0.2) is 0 Å². The predicted molar refractivity (Wildman–Crippen MR) is 22.0 cm³/mol. The molecule has 0 rings (SSSR count). The maximum Gasteiger partial charge on any atom is 1.00 e. The van der Waals surface area contributed by atoms with Gasteiger partial charge >= 0.3 is 37.7 Å². The molecule has 7 heavy (non-hydrogen) atoms. The van der Waals surface area contributed by atoms with E-state index in [-0.39, 0.29) is 40.6 Å². The Morgan fingerprint density at radius 2 is 1.57 bits per heavy atom. The summed E-state index contributed by atoms with van der Waals surface area (Å²) >= 11 is 0. The molecule has 0 unspecified atom stereocenters. The fourth-order valence-electron chi connectivity index (χ4n) is 0. The monoisotopic (exact) mass is 89.1 g/mol. The van der Waals surface area contributed by atoms with Gasteiger partial charge < -0.3 is 7.75 Å². The van der Waals surface area contributed by atoms with E-state index in [0.717, 1.165) is 6.41 Å². The molecule has 0 aliphatic rings. The van der Waals surface area contributed by atoms with Gasteiger partial charge in [-0.1, -0.05) is 0 Å². The van der Waals surface area contributed by atoms with Crippen LogP contribution in [0.5, 0.6) is 0 Å². The molecule has 0 aliphatic heterocycles. The second-order valence-corrected chi connectivity index (χ2v) is 1.07. The molecule has 0 spiro atoms. The average molecular weight is 89.0 g/mol. The van der Waals surface area contributed by atoms with Crippen LogP contribution in [-0.4, -0.2) is 25.4 Å². The van der Waals surface area contributed by atoms with E-state index < -0.39 is 0 Å². The van der Waals surface area contributed by atoms with Crippen LogP contribution in [0.2, 0.25) is 0 Å². The molecule has 0 aromatic heterocycles. The fourth-order valence-corrected chi connectivity index (χ4v) is 0. The van der Waals surface area contributed by atoms with Crippen LogP contribution in [0.25, 0.3) is 0 Å². The normalized spacial score (nSPS) is 4.86. The molecule has 0 N–H and O–H groups in total. The van der Waals surface area contributed by atoms with Crippen LogP contribution in [-0.2, 0) is 4.79 Å². The molecule has 0 saturated carbocycles. The van der Waals surface area contributed by atoms with Crippen LogP contribution in [0.1, 0.15) is 2.85 Å². The molecule has 2 nitrogen and oxygen atoms in total. The Morgan fingerprint density at radius 1 is 1.43 bits per heavy atom. The second kappa shape index (κ2) is 9.83. The van der Waals surface area contributed by atoms with Crippen LogP contribution in [0, 0.1) is 0 Å². The summed E-state index contributed by atoms with van der Waals surface area (Å²) in [4.78, 5) is 10.9. The first kappa shape index (κ1) is 15.6. The molecule has 0 heterocycles. The van der Waals surface area contributed by atoms with Gasteiger partial charge in [0.2, 0.25) is 6.41 Å². The van der Waals surface area contributed by atoms with E-state index in [1.54, 1.807) is 14.1 Å². The quantitative estimate of drug-likeness (QED) is 0.231. The van der Waals surface area contributed by atoms with Crippen molar-refractivity contribution in [2.24, 2.45) is 0 Å². The molecule has 0 radical (unpaired) electrons. The van der Waals surface area contributed by atoms with Crippen LogP contribution in [0.4, 0.5) is 0 Å². The van der Waals surface area contributed by atoms with Gasteiger partial charge in [-0.3, -0.25) is 4.79 Å². The van der Waals surface area contributed by atoms with Gasteiger partial charge in [0.25, 0.3) is 0 Å². The standard InChI is InChI=1S/C3H7NO.2Li.2H/c1-4(2)3-5;;;;/h3H,1-2H3;;;;/q;2*+1;2*-1. The van der Waals surface area contributed by atoms with Gasteiger partial charge in [0.05, 0.1) is 0 Å². The van der Waals surface area contributed by atoms with Gasteiger partial charge in [-0.25, -0.2) is 0 Å². The first-order chi connectivity index (χ1) is 2.27. The Balaban J connectivity index is -0.0000000133. The number of nitrogens with zero attached hydrogens (tertiary/aromatic N) is 1. The summed E-state index contributed by atoms with van der Waals surface area (Å²) in [5, 5.41) is 0. The summed E-state index contributed by atoms with van der Waals surface area (Å²) in [5.41, 5.74) is 0. The molecule has 34 valence electrons. The van der Waals surface area contributed by atoms with E-state index >= 15 is 0 Å². The number of rotatable bonds is 1. The number of hydrogen-bond donors (Lipinski definition) is 0. The van der Waals surface area contributed by atoms with Crippen molar-refractivity contribution < 1.29 is 45.4 Å². The summed E-state index contributed by atoms with van der Waals surface area (Å²) < 4.78 is 0. The summed E-state index contributed by atoms with van der Waals surface area (Å²) in [6, 6.07) is 0. The fraction of sp³-hybridized carbons (Fsp3) is 0.667. The van der Waals surface area contributed by atoms with Crippen molar-refractivity contribution >= 4 is 6.41 Å². The molecular formula is C3H9Li2NO. The van der Waals surface area contributed by atoms with Crippen molar-refractivity contribution in [1.29, 1.82) is 0 Å². The van der Waals surface area contributed by atoms with E-state index in [1.165, 1.54) is 4.90 Å². The third kappa shape index (κ3) is 20.4. The van der Waals surface area contributed by atoms with Crippen LogP contribution < -0.4 is 37.7 Å². The molecule has 0 fully saturated rings. The predicted octanol–water partition coefficient (Wildman–Crippen LogP) is -6.06. The van der Waals surface area contributed by atoms with E-state index in [2.05, 4.69) is 0 Å². The minimum atomic E-state index is 0. The summed E-state index contributed by atoms with van der Waals surface area (Å²) in [6.45, 7) is 0. The minimum absolute atomic E-state index is 0. The largest absolute Gasteiger partial charge is 1.00 e. The van der Waals surface area contributed by atoms with Crippen molar-refractivity contribution in [3.05, 3.63) is 0 Å². The molecule has 0 aromatic rings. The van der Waals surface area contributed by atoms with E-state index in [1.807, 2.05) is 0 Å². The molecule has 0 bridgehead atoms. The number of amides is 1. The SMILES string of the molecule is CN(C)C=O.[H-].[H-].[Li+].[Li+]. The molecule has 0 atom stereocenters. The zero-order chi connectivity index (χ0) is 4.28. The van der Waals surface area contributed by atoms with Gasteiger partial charge in [0.1, 0.15) is 0 Å². The van der Waals surface area contributed by atoms with Crippen LogP contribution >= 0.6 is 0 Å². The first-order valence-corrected chi connectivity index (χ1v) is 1.39. The van der Waals surface area contributed by atoms with Gasteiger partial charge in [-0.15, -0.1) is 0 Å². The van der Waals surface area contributed by atoms with Crippen molar-refractivity contribution in [2.45, 2.75) is 0 Å². The van der Waals surface area contributed by atoms with Crippen LogP contribution in [0.15, 0.2) is 0 Å². The summed E-state index contributed by atoms with van der Waals surface area (Å²) in [6.07, 6.45) is 0.750. The number of carbonyl (C=O) groups excluding carboxylic acids is 1. The molecule has 4 heteroatoms. The molecule has 1 amide bonds. The summed E-state index contributed by atoms with van der Waals surface area (Å²) in [7, 11) is 3.38. The Hall–Kier alpha value is 0.665. The van der Waals surface area contributed by atoms with E-state index in [0.29, 0.717) is 0 Å². The van der Waals surface area contributed by atoms with Gasteiger partial charge in [-0.05, 0) is 0 Å². The third-order valence-electron chi connectivity index (χ3n) is 0.211. The Labute approximate surface area is 71.0 Å². The van der Waals surface area contributed by atoms with E-state index in [9.17, 15) is 4.79 Å². The molecular weight excluding hydrogens is 79.9 g/mol. The third-order valence-corrected chi connectivity index (χ3v) is 0.211. The molecule has 0 saturated heterocycles. The first-order valence-electron chi connectivity index (χ1n) is 1.39. The second-order valence-electron chi connectivity index (χ2n) is 1.07. The van der Waals surface area contributed by atoms with Crippen molar-refractivity contribution in [3.63, 3.8) is 0 Å².